The summed E-state index contributed by atoms with van der Waals surface area (Å²) >= 11 is 0. The first-order chi connectivity index (χ1) is 16.9. The molecule has 0 amide bonds. The van der Waals surface area contributed by atoms with Gasteiger partial charge in [-0.25, -0.2) is 0 Å². The van der Waals surface area contributed by atoms with E-state index in [0.717, 1.165) is 0 Å². The van der Waals surface area contributed by atoms with Crippen LogP contribution in [0.2, 0.25) is 0 Å². The van der Waals surface area contributed by atoms with Crippen molar-refractivity contribution in [3.8, 4) is 0 Å². The first-order valence-corrected chi connectivity index (χ1v) is 9.02. The van der Waals surface area contributed by atoms with Crippen molar-refractivity contribution in [3.63, 3.8) is 0 Å². The van der Waals surface area contributed by atoms with Gasteiger partial charge in [0.15, 0.2) is 0 Å². The minimum absolute atomic E-state index is 0.714. The van der Waals surface area contributed by atoms with Crippen molar-refractivity contribution < 1.29 is 98.0 Å². The van der Waals surface area contributed by atoms with Gasteiger partial charge in [-0.1, -0.05) is 0 Å². The summed E-state index contributed by atoms with van der Waals surface area (Å²) in [4.78, 5) is 0. The summed E-state index contributed by atoms with van der Waals surface area (Å²) in [5, 5.41) is 17.8. The highest BCUT2D eigenvalue weighted by Crippen LogP contribution is 2.65. The van der Waals surface area contributed by atoms with Gasteiger partial charge in [-0.05, 0) is 23.3 Å². The van der Waals surface area contributed by atoms with Crippen LogP contribution in [-0.4, -0.2) is 51.9 Å². The van der Waals surface area contributed by atoms with Crippen LogP contribution >= 0.6 is 0 Å². The number of aliphatic hydroxyl groups is 2. The van der Waals surface area contributed by atoms with Crippen LogP contribution in [0.5, 0.6) is 0 Å². The summed E-state index contributed by atoms with van der Waals surface area (Å²) in [5.41, 5.74) is -9.29. The second kappa shape index (κ2) is 9.40. The Kier molecular flexibility index (Phi) is 8.38. The van der Waals surface area contributed by atoms with E-state index in [2.05, 4.69) is 0 Å². The molecule has 0 fully saturated rings. The van der Waals surface area contributed by atoms with Crippen LogP contribution in [-0.2, 0) is 25.3 Å². The molecule has 39 heavy (non-hydrogen) atoms. The molecule has 0 spiro atoms. The molecular formula is C17H8F20O2. The lowest BCUT2D eigenvalue weighted by Crippen LogP contribution is -2.74. The molecule has 0 atom stereocenters. The van der Waals surface area contributed by atoms with Crippen molar-refractivity contribution in [2.24, 2.45) is 0 Å². The largest absolute Gasteiger partial charge is 0.460 e. The Bertz CT molecular complexity index is 1050. The molecule has 228 valence electrons. The molecular weight excluding hydrogens is 616 g/mol. The van der Waals surface area contributed by atoms with E-state index in [-0.39, 0.29) is 0 Å². The fourth-order valence-electron chi connectivity index (χ4n) is 2.84. The Morgan fingerprint density at radius 3 is 1.00 bits per heavy atom. The standard InChI is InChI=1S/C17H8F20O2/c18-9(19,7-1-6(4-39)8(10(20,21)22)2-5(7)3-38)11(23,24)12(25,26)13(27,28)14(29,30)15(31,32)16(33,34)17(35,36)37/h1-2,38-39H,3-4H2. The van der Waals surface area contributed by atoms with E-state index >= 15 is 0 Å². The Balaban J connectivity index is 3.95. The molecule has 0 unspecified atom stereocenters. The van der Waals surface area contributed by atoms with Crippen LogP contribution in [0.25, 0.3) is 0 Å². The van der Waals surface area contributed by atoms with Gasteiger partial charge in [0.25, 0.3) is 0 Å². The van der Waals surface area contributed by atoms with Crippen molar-refractivity contribution in [2.45, 2.75) is 67.0 Å². The monoisotopic (exact) mass is 624 g/mol. The fraction of sp³-hybridized carbons (Fsp3) is 0.647. The second-order valence-electron chi connectivity index (χ2n) is 7.50. The molecule has 0 bridgehead atoms. The molecule has 1 aromatic rings. The van der Waals surface area contributed by atoms with Gasteiger partial charge >= 0.3 is 53.8 Å². The second-order valence-corrected chi connectivity index (χ2v) is 7.50. The lowest BCUT2D eigenvalue weighted by atomic mass is 9.85. The minimum Gasteiger partial charge on any atom is -0.392 e. The molecule has 2 nitrogen and oxygen atoms in total. The van der Waals surface area contributed by atoms with Gasteiger partial charge < -0.3 is 10.2 Å². The van der Waals surface area contributed by atoms with Crippen LogP contribution in [0.3, 0.4) is 0 Å². The van der Waals surface area contributed by atoms with Crippen molar-refractivity contribution >= 4 is 0 Å². The van der Waals surface area contributed by atoms with Crippen LogP contribution in [0.15, 0.2) is 12.1 Å². The van der Waals surface area contributed by atoms with Crippen molar-refractivity contribution in [1.82, 2.24) is 0 Å². The predicted octanol–water partition coefficient (Wildman–Crippen LogP) is 7.16. The zero-order chi connectivity index (χ0) is 31.6. The summed E-state index contributed by atoms with van der Waals surface area (Å²) in [5.74, 6) is -58.9. The van der Waals surface area contributed by atoms with E-state index in [1.807, 2.05) is 0 Å². The van der Waals surface area contributed by atoms with Gasteiger partial charge in [0.2, 0.25) is 0 Å². The van der Waals surface area contributed by atoms with Crippen LogP contribution < -0.4 is 0 Å². The molecule has 1 rings (SSSR count). The molecule has 0 aliphatic rings. The topological polar surface area (TPSA) is 40.5 Å². The van der Waals surface area contributed by atoms with E-state index in [1.54, 1.807) is 0 Å². The maximum atomic E-state index is 14.5. The van der Waals surface area contributed by atoms with Gasteiger partial charge in [-0.15, -0.1) is 0 Å². The number of hydrogen-bond acceptors (Lipinski definition) is 2. The molecule has 22 heteroatoms. The number of rotatable bonds is 9. The predicted molar refractivity (Wildman–Crippen MR) is 82.9 cm³/mol. The van der Waals surface area contributed by atoms with Gasteiger partial charge in [0.05, 0.1) is 18.8 Å². The minimum atomic E-state index is -8.88. The van der Waals surface area contributed by atoms with Gasteiger partial charge in [0.1, 0.15) is 0 Å². The number of hydrogen-bond donors (Lipinski definition) is 2. The summed E-state index contributed by atoms with van der Waals surface area (Å²) in [7, 11) is 0. The molecule has 0 aliphatic carbocycles. The molecule has 0 saturated carbocycles. The summed E-state index contributed by atoms with van der Waals surface area (Å²) in [6.45, 7) is -4.29. The molecule has 1 aromatic carbocycles. The number of benzene rings is 1. The van der Waals surface area contributed by atoms with E-state index in [4.69, 9.17) is 10.2 Å². The SMILES string of the molecule is OCc1cc(C(F)(F)C(F)(F)C(F)(F)C(F)(F)C(F)(F)C(F)(F)C(F)(F)C(F)(F)F)c(CO)cc1C(F)(F)F. The Labute approximate surface area is 200 Å². The van der Waals surface area contributed by atoms with Gasteiger partial charge in [-0.2, -0.15) is 87.8 Å². The van der Waals surface area contributed by atoms with E-state index in [1.165, 1.54) is 0 Å². The maximum Gasteiger partial charge on any atom is 0.460 e. The van der Waals surface area contributed by atoms with Gasteiger partial charge in [-0.3, -0.25) is 0 Å². The number of alkyl halides is 20. The number of halogens is 20. The quantitative estimate of drug-likeness (QED) is 0.287. The Morgan fingerprint density at radius 1 is 0.410 bits per heavy atom. The van der Waals surface area contributed by atoms with Crippen LogP contribution in [0.4, 0.5) is 87.8 Å². The smallest absolute Gasteiger partial charge is 0.392 e. The van der Waals surface area contributed by atoms with E-state index in [9.17, 15) is 87.8 Å². The van der Waals surface area contributed by atoms with Crippen molar-refractivity contribution in [1.29, 1.82) is 0 Å². The third-order valence-corrected chi connectivity index (χ3v) is 5.04. The normalized spacial score (nSPS) is 15.6. The molecule has 2 N–H and O–H groups in total. The molecule has 0 saturated heterocycles. The van der Waals surface area contributed by atoms with Crippen LogP contribution in [0.1, 0.15) is 22.3 Å². The van der Waals surface area contributed by atoms with E-state index < -0.39 is 101 Å². The first-order valence-electron chi connectivity index (χ1n) is 9.02. The highest BCUT2D eigenvalue weighted by Gasteiger charge is 2.95. The number of aliphatic hydroxyl groups excluding tert-OH is 2. The highest BCUT2D eigenvalue weighted by molar-refractivity contribution is 5.43. The lowest BCUT2D eigenvalue weighted by molar-refractivity contribution is -0.462. The average Bonchev–Trinajstić information content (AvgIpc) is 2.75. The summed E-state index contributed by atoms with van der Waals surface area (Å²) in [6, 6.07) is -1.66. The zero-order valence-electron chi connectivity index (χ0n) is 17.5. The van der Waals surface area contributed by atoms with Crippen molar-refractivity contribution in [2.75, 3.05) is 0 Å². The highest BCUT2D eigenvalue weighted by atomic mass is 19.4. The van der Waals surface area contributed by atoms with Crippen molar-refractivity contribution in [3.05, 3.63) is 34.4 Å². The fourth-order valence-corrected chi connectivity index (χ4v) is 2.84. The first kappa shape index (κ1) is 34.8. The van der Waals surface area contributed by atoms with E-state index in [0.29, 0.717) is 0 Å². The third kappa shape index (κ3) is 4.73. The molecule has 0 radical (unpaired) electrons. The van der Waals surface area contributed by atoms with Gasteiger partial charge in [0, 0.05) is 5.56 Å². The summed E-state index contributed by atoms with van der Waals surface area (Å²) in [6.07, 6.45) is -13.6. The van der Waals surface area contributed by atoms with Crippen LogP contribution in [0, 0.1) is 0 Å². The molecule has 0 aliphatic heterocycles. The Hall–Kier alpha value is -2.26. The Morgan fingerprint density at radius 2 is 0.692 bits per heavy atom. The lowest BCUT2D eigenvalue weighted by Gasteiger charge is -2.43. The maximum absolute atomic E-state index is 14.5. The average molecular weight is 624 g/mol. The molecule has 0 heterocycles. The third-order valence-electron chi connectivity index (χ3n) is 5.04. The zero-order valence-corrected chi connectivity index (χ0v) is 17.5. The summed E-state index contributed by atoms with van der Waals surface area (Å²) < 4.78 is 267. The molecule has 0 aromatic heterocycles.